The number of hydrogen-bond acceptors (Lipinski definition) is 4. The van der Waals surface area contributed by atoms with Crippen LogP contribution < -0.4 is 5.32 Å². The van der Waals surface area contributed by atoms with E-state index in [1.807, 2.05) is 18.2 Å². The summed E-state index contributed by atoms with van der Waals surface area (Å²) >= 11 is 0. The van der Waals surface area contributed by atoms with E-state index >= 15 is 0 Å². The molecule has 0 unspecified atom stereocenters. The molecule has 0 radical (unpaired) electrons. The average Bonchev–Trinajstić information content (AvgIpc) is 2.74. The van der Waals surface area contributed by atoms with Gasteiger partial charge in [-0.05, 0) is 54.7 Å². The van der Waals surface area contributed by atoms with Crippen molar-refractivity contribution >= 4 is 21.8 Å². The summed E-state index contributed by atoms with van der Waals surface area (Å²) in [6.45, 7) is 2.03. The van der Waals surface area contributed by atoms with Gasteiger partial charge in [0.1, 0.15) is 5.69 Å². The van der Waals surface area contributed by atoms with Gasteiger partial charge in [-0.2, -0.15) is 17.0 Å². The Labute approximate surface area is 165 Å². The van der Waals surface area contributed by atoms with Gasteiger partial charge in [-0.1, -0.05) is 18.6 Å². The summed E-state index contributed by atoms with van der Waals surface area (Å²) < 4.78 is 29.1. The third-order valence-electron chi connectivity index (χ3n) is 5.31. The third kappa shape index (κ3) is 3.94. The van der Waals surface area contributed by atoms with Gasteiger partial charge in [-0.3, -0.25) is 9.78 Å². The molecule has 1 aromatic carbocycles. The lowest BCUT2D eigenvalue weighted by molar-refractivity contribution is 0.102. The van der Waals surface area contributed by atoms with Gasteiger partial charge in [-0.25, -0.2) is 0 Å². The molecule has 0 spiro atoms. The Kier molecular flexibility index (Phi) is 5.43. The van der Waals surface area contributed by atoms with E-state index in [1.165, 1.54) is 0 Å². The summed E-state index contributed by atoms with van der Waals surface area (Å²) in [5.74, 6) is -0.283. The standard InChI is InChI=1S/C20H24N4O3S/c25-20(19-6-2-3-10-21-19)22-18-8-7-16-9-13-24(15-17(16)14-18)28(26,27)23-11-4-1-5-12-23/h2-3,6-8,10,14H,1,4-5,9,11-13,15H2,(H,22,25). The fourth-order valence-corrected chi connectivity index (χ4v) is 5.43. The molecule has 2 aromatic rings. The Morgan fingerprint density at radius 3 is 2.54 bits per heavy atom. The molecule has 1 amide bonds. The number of hydrogen-bond donors (Lipinski definition) is 1. The van der Waals surface area contributed by atoms with Gasteiger partial charge in [0.25, 0.3) is 16.1 Å². The summed E-state index contributed by atoms with van der Waals surface area (Å²) in [5, 5.41) is 2.85. The van der Waals surface area contributed by atoms with Crippen LogP contribution in [0.25, 0.3) is 0 Å². The number of piperidine rings is 1. The lowest BCUT2D eigenvalue weighted by Crippen LogP contribution is -2.47. The van der Waals surface area contributed by atoms with Crippen LogP contribution in [0.2, 0.25) is 0 Å². The number of nitrogens with zero attached hydrogens (tertiary/aromatic N) is 3. The molecule has 0 atom stereocenters. The van der Waals surface area contributed by atoms with E-state index in [4.69, 9.17) is 0 Å². The number of benzene rings is 1. The van der Waals surface area contributed by atoms with Crippen LogP contribution in [0.5, 0.6) is 0 Å². The molecule has 0 saturated carbocycles. The molecule has 1 N–H and O–H groups in total. The van der Waals surface area contributed by atoms with E-state index in [9.17, 15) is 13.2 Å². The van der Waals surface area contributed by atoms with Crippen LogP contribution in [0.15, 0.2) is 42.6 Å². The number of amides is 1. The van der Waals surface area contributed by atoms with Crippen LogP contribution in [0.3, 0.4) is 0 Å². The van der Waals surface area contributed by atoms with Crippen LogP contribution >= 0.6 is 0 Å². The summed E-state index contributed by atoms with van der Waals surface area (Å²) in [6, 6.07) is 10.9. The normalized spacial score (nSPS) is 18.4. The van der Waals surface area contributed by atoms with E-state index in [0.29, 0.717) is 44.0 Å². The first kappa shape index (κ1) is 19.0. The molecule has 0 aliphatic carbocycles. The molecule has 0 bridgehead atoms. The number of nitrogens with one attached hydrogen (secondary N) is 1. The van der Waals surface area contributed by atoms with E-state index in [-0.39, 0.29) is 5.91 Å². The highest BCUT2D eigenvalue weighted by molar-refractivity contribution is 7.86. The van der Waals surface area contributed by atoms with Gasteiger partial charge in [0, 0.05) is 38.1 Å². The zero-order valence-electron chi connectivity index (χ0n) is 15.7. The van der Waals surface area contributed by atoms with Crippen molar-refractivity contribution in [1.82, 2.24) is 13.6 Å². The molecule has 7 nitrogen and oxygen atoms in total. The molecule has 2 aliphatic heterocycles. The zero-order chi connectivity index (χ0) is 19.6. The Bertz CT molecular complexity index is 957. The number of anilines is 1. The van der Waals surface area contributed by atoms with Gasteiger partial charge < -0.3 is 5.32 Å². The molecule has 1 saturated heterocycles. The van der Waals surface area contributed by atoms with E-state index < -0.39 is 10.2 Å². The monoisotopic (exact) mass is 400 g/mol. The van der Waals surface area contributed by atoms with Crippen LogP contribution in [0, 0.1) is 0 Å². The fourth-order valence-electron chi connectivity index (χ4n) is 3.76. The number of fused-ring (bicyclic) bond motifs is 1. The number of carbonyl (C=O) groups is 1. The Balaban J connectivity index is 1.50. The van der Waals surface area contributed by atoms with E-state index in [0.717, 1.165) is 30.4 Å². The van der Waals surface area contributed by atoms with Crippen molar-refractivity contribution in [1.29, 1.82) is 0 Å². The van der Waals surface area contributed by atoms with Crippen LogP contribution in [-0.2, 0) is 23.2 Å². The number of aromatic nitrogens is 1. The van der Waals surface area contributed by atoms with Crippen LogP contribution in [-0.4, -0.2) is 47.6 Å². The largest absolute Gasteiger partial charge is 0.321 e. The summed E-state index contributed by atoms with van der Waals surface area (Å²) in [6.07, 6.45) is 5.19. The van der Waals surface area contributed by atoms with Crippen molar-refractivity contribution in [3.8, 4) is 0 Å². The second-order valence-corrected chi connectivity index (χ2v) is 9.13. The topological polar surface area (TPSA) is 82.6 Å². The van der Waals surface area contributed by atoms with Gasteiger partial charge in [-0.15, -0.1) is 0 Å². The second kappa shape index (κ2) is 7.98. The second-order valence-electron chi connectivity index (χ2n) is 7.20. The molecule has 8 heteroatoms. The highest BCUT2D eigenvalue weighted by atomic mass is 32.2. The van der Waals surface area contributed by atoms with Crippen molar-refractivity contribution in [3.05, 3.63) is 59.4 Å². The lowest BCUT2D eigenvalue weighted by atomic mass is 10.0. The van der Waals surface area contributed by atoms with Gasteiger partial charge in [0.2, 0.25) is 0 Å². The van der Waals surface area contributed by atoms with Gasteiger partial charge >= 0.3 is 0 Å². The summed E-state index contributed by atoms with van der Waals surface area (Å²) in [4.78, 5) is 16.4. The average molecular weight is 401 g/mol. The highest BCUT2D eigenvalue weighted by Crippen LogP contribution is 2.27. The quantitative estimate of drug-likeness (QED) is 0.854. The smallest absolute Gasteiger partial charge is 0.282 e. The molecular formula is C20H24N4O3S. The molecular weight excluding hydrogens is 376 g/mol. The number of rotatable bonds is 4. The molecule has 2 aliphatic rings. The van der Waals surface area contributed by atoms with Crippen molar-refractivity contribution in [2.75, 3.05) is 25.0 Å². The predicted octanol–water partition coefficient (Wildman–Crippen LogP) is 2.42. The number of carbonyl (C=O) groups excluding carboxylic acids is 1. The first-order chi connectivity index (χ1) is 13.5. The zero-order valence-corrected chi connectivity index (χ0v) is 16.5. The maximum atomic E-state index is 13.0. The predicted molar refractivity (Wildman–Crippen MR) is 107 cm³/mol. The van der Waals surface area contributed by atoms with E-state index in [2.05, 4.69) is 10.3 Å². The molecule has 28 heavy (non-hydrogen) atoms. The Morgan fingerprint density at radius 2 is 1.79 bits per heavy atom. The molecule has 1 fully saturated rings. The molecule has 148 valence electrons. The van der Waals surface area contributed by atoms with Gasteiger partial charge in [0.15, 0.2) is 0 Å². The summed E-state index contributed by atoms with van der Waals surface area (Å²) in [7, 11) is -3.44. The van der Waals surface area contributed by atoms with Crippen molar-refractivity contribution in [3.63, 3.8) is 0 Å². The SMILES string of the molecule is O=C(Nc1ccc2c(c1)CN(S(=O)(=O)N1CCCCC1)CC2)c1ccccn1. The minimum atomic E-state index is -3.44. The van der Waals surface area contributed by atoms with Crippen molar-refractivity contribution < 1.29 is 13.2 Å². The first-order valence-electron chi connectivity index (χ1n) is 9.63. The molecule has 4 rings (SSSR count). The third-order valence-corrected chi connectivity index (χ3v) is 7.29. The van der Waals surface area contributed by atoms with Gasteiger partial charge in [0.05, 0.1) is 0 Å². The lowest BCUT2D eigenvalue weighted by Gasteiger charge is -2.34. The summed E-state index contributed by atoms with van der Waals surface area (Å²) in [5.41, 5.74) is 3.05. The van der Waals surface area contributed by atoms with Crippen LogP contribution in [0.4, 0.5) is 5.69 Å². The molecule has 1 aromatic heterocycles. The minimum Gasteiger partial charge on any atom is -0.321 e. The molecule has 3 heterocycles. The highest BCUT2D eigenvalue weighted by Gasteiger charge is 2.33. The number of pyridine rings is 1. The Morgan fingerprint density at radius 1 is 0.964 bits per heavy atom. The van der Waals surface area contributed by atoms with E-state index in [1.54, 1.807) is 33.0 Å². The first-order valence-corrected chi connectivity index (χ1v) is 11.0. The van der Waals surface area contributed by atoms with Crippen molar-refractivity contribution in [2.45, 2.75) is 32.2 Å². The van der Waals surface area contributed by atoms with Crippen molar-refractivity contribution in [2.24, 2.45) is 0 Å². The minimum absolute atomic E-state index is 0.283. The fraction of sp³-hybridized carbons (Fsp3) is 0.400. The Hall–Kier alpha value is -2.29. The van der Waals surface area contributed by atoms with Crippen LogP contribution in [0.1, 0.15) is 40.9 Å². The maximum Gasteiger partial charge on any atom is 0.282 e. The maximum absolute atomic E-state index is 13.0.